The van der Waals surface area contributed by atoms with Gasteiger partial charge >= 0.3 is 5.97 Å². The molecule has 1 aliphatic rings. The van der Waals surface area contributed by atoms with E-state index >= 15 is 0 Å². The molecule has 0 spiro atoms. The Morgan fingerprint density at radius 2 is 1.93 bits per heavy atom. The van der Waals surface area contributed by atoms with Gasteiger partial charge in [-0.15, -0.1) is 11.6 Å². The van der Waals surface area contributed by atoms with E-state index in [2.05, 4.69) is 13.0 Å². The summed E-state index contributed by atoms with van der Waals surface area (Å²) in [5.74, 6) is -0.646. The van der Waals surface area contributed by atoms with Gasteiger partial charge in [0.25, 0.3) is 0 Å². The average molecular weight is 423 g/mol. The minimum absolute atomic E-state index is 0.0209. The van der Waals surface area contributed by atoms with E-state index in [9.17, 15) is 15.0 Å². The number of benzene rings is 1. The van der Waals surface area contributed by atoms with Crippen molar-refractivity contribution in [2.45, 2.75) is 88.2 Å². The molecule has 162 valence electrons. The van der Waals surface area contributed by atoms with Crippen LogP contribution in [0.25, 0.3) is 0 Å². The topological polar surface area (TPSA) is 77.8 Å². The first-order valence-corrected chi connectivity index (χ1v) is 11.3. The van der Waals surface area contributed by atoms with Gasteiger partial charge < -0.3 is 15.3 Å². The van der Waals surface area contributed by atoms with Gasteiger partial charge in [-0.05, 0) is 49.1 Å². The first kappa shape index (κ1) is 23.9. The van der Waals surface area contributed by atoms with E-state index in [0.29, 0.717) is 12.8 Å². The molecule has 0 radical (unpaired) electrons. The van der Waals surface area contributed by atoms with E-state index in [1.807, 2.05) is 30.3 Å². The second-order valence-corrected chi connectivity index (χ2v) is 8.74. The van der Waals surface area contributed by atoms with Crippen molar-refractivity contribution >= 4 is 17.6 Å². The first-order chi connectivity index (χ1) is 13.9. The van der Waals surface area contributed by atoms with Gasteiger partial charge in [0.15, 0.2) is 0 Å². The molecule has 29 heavy (non-hydrogen) atoms. The lowest BCUT2D eigenvalue weighted by molar-refractivity contribution is -0.137. The average Bonchev–Trinajstić information content (AvgIpc) is 2.97. The van der Waals surface area contributed by atoms with E-state index in [1.165, 1.54) is 0 Å². The standard InChI is InChI=1S/C24H35ClO4/c1-2-3-6-10-21(26)17-12-14-18(15-13-17)24-19(20(25)16-22(24)27)9-7-4-5-8-11-23(28)29/h4,7,12-15,19-22,24,26-27H,2-3,5-6,8-11,16H2,1H3,(H,28,29)/b7-4-/t19-,20?,21?,22-,24+/m0/s1. The molecule has 0 saturated heterocycles. The van der Waals surface area contributed by atoms with Crippen molar-refractivity contribution in [3.63, 3.8) is 0 Å². The Bertz CT molecular complexity index is 643. The van der Waals surface area contributed by atoms with Gasteiger partial charge in [-0.25, -0.2) is 0 Å². The van der Waals surface area contributed by atoms with Gasteiger partial charge in [-0.1, -0.05) is 62.6 Å². The minimum atomic E-state index is -0.767. The SMILES string of the molecule is CCCCCC(O)c1ccc([C@H]2[C@@H](O)CC(Cl)[C@@H]2C/C=C\CCCC(=O)O)cc1. The van der Waals surface area contributed by atoms with Gasteiger partial charge in [-0.2, -0.15) is 0 Å². The number of carbonyl (C=O) groups is 1. The summed E-state index contributed by atoms with van der Waals surface area (Å²) in [6.45, 7) is 2.15. The molecule has 1 aliphatic carbocycles. The van der Waals surface area contributed by atoms with Crippen molar-refractivity contribution < 1.29 is 20.1 Å². The summed E-state index contributed by atoms with van der Waals surface area (Å²) in [4.78, 5) is 10.6. The molecular formula is C24H35ClO4. The summed E-state index contributed by atoms with van der Waals surface area (Å²) in [6.07, 6.45) is 10.2. The second kappa shape index (κ2) is 12.4. The number of aliphatic hydroxyl groups excluding tert-OH is 2. The molecule has 5 heteroatoms. The van der Waals surface area contributed by atoms with E-state index in [-0.39, 0.29) is 23.6 Å². The van der Waals surface area contributed by atoms with Crippen molar-refractivity contribution in [2.75, 3.05) is 0 Å². The molecule has 2 unspecified atom stereocenters. The summed E-state index contributed by atoms with van der Waals surface area (Å²) < 4.78 is 0. The molecule has 5 atom stereocenters. The van der Waals surface area contributed by atoms with E-state index in [4.69, 9.17) is 16.7 Å². The number of unbranched alkanes of at least 4 members (excludes halogenated alkanes) is 3. The number of aliphatic carboxylic acids is 1. The highest BCUT2D eigenvalue weighted by Crippen LogP contribution is 2.45. The Balaban J connectivity index is 1.96. The zero-order chi connectivity index (χ0) is 21.2. The summed E-state index contributed by atoms with van der Waals surface area (Å²) in [5, 5.41) is 29.5. The molecular weight excluding hydrogens is 388 g/mol. The van der Waals surface area contributed by atoms with Crippen LogP contribution in [0.4, 0.5) is 0 Å². The first-order valence-electron chi connectivity index (χ1n) is 10.9. The molecule has 0 amide bonds. The smallest absolute Gasteiger partial charge is 0.303 e. The Morgan fingerprint density at radius 3 is 2.59 bits per heavy atom. The van der Waals surface area contributed by atoms with Crippen molar-refractivity contribution in [1.82, 2.24) is 0 Å². The number of aliphatic hydroxyl groups is 2. The highest BCUT2D eigenvalue weighted by Gasteiger charge is 2.41. The lowest BCUT2D eigenvalue weighted by Gasteiger charge is -2.23. The zero-order valence-electron chi connectivity index (χ0n) is 17.3. The summed E-state index contributed by atoms with van der Waals surface area (Å²) in [7, 11) is 0. The van der Waals surface area contributed by atoms with Crippen LogP contribution in [0, 0.1) is 5.92 Å². The monoisotopic (exact) mass is 422 g/mol. The van der Waals surface area contributed by atoms with Crippen LogP contribution in [0.3, 0.4) is 0 Å². The van der Waals surface area contributed by atoms with Gasteiger partial charge in [0.05, 0.1) is 12.2 Å². The molecule has 3 N–H and O–H groups in total. The Kier molecular flexibility index (Phi) is 10.2. The number of alkyl halides is 1. The number of hydrogen-bond acceptors (Lipinski definition) is 3. The largest absolute Gasteiger partial charge is 0.481 e. The van der Waals surface area contributed by atoms with Gasteiger partial charge in [0, 0.05) is 17.7 Å². The van der Waals surface area contributed by atoms with Crippen LogP contribution in [0.5, 0.6) is 0 Å². The predicted molar refractivity (Wildman–Crippen MR) is 117 cm³/mol. The molecule has 0 heterocycles. The highest BCUT2D eigenvalue weighted by molar-refractivity contribution is 6.21. The van der Waals surface area contributed by atoms with Gasteiger partial charge in [0.1, 0.15) is 0 Å². The quantitative estimate of drug-likeness (QED) is 0.233. The van der Waals surface area contributed by atoms with E-state index < -0.39 is 18.2 Å². The van der Waals surface area contributed by atoms with Crippen molar-refractivity contribution in [3.8, 4) is 0 Å². The fourth-order valence-corrected chi connectivity index (χ4v) is 4.71. The summed E-state index contributed by atoms with van der Waals surface area (Å²) in [6, 6.07) is 7.98. The maximum atomic E-state index is 10.6. The maximum Gasteiger partial charge on any atom is 0.303 e. The number of hydrogen-bond donors (Lipinski definition) is 3. The number of rotatable bonds is 12. The predicted octanol–water partition coefficient (Wildman–Crippen LogP) is 5.57. The Labute approximate surface area is 179 Å². The Hall–Kier alpha value is -1.36. The van der Waals surface area contributed by atoms with Crippen LogP contribution in [0.15, 0.2) is 36.4 Å². The third kappa shape index (κ3) is 7.44. The molecule has 0 aliphatic heterocycles. The van der Waals surface area contributed by atoms with Crippen LogP contribution in [0.1, 0.15) is 87.9 Å². The number of allylic oxidation sites excluding steroid dienone is 2. The number of halogens is 1. The molecule has 1 aromatic carbocycles. The van der Waals surface area contributed by atoms with Crippen molar-refractivity contribution in [1.29, 1.82) is 0 Å². The summed E-state index contributed by atoms with van der Waals surface area (Å²) >= 11 is 6.54. The van der Waals surface area contributed by atoms with Gasteiger partial charge in [-0.3, -0.25) is 4.79 Å². The van der Waals surface area contributed by atoms with Crippen molar-refractivity contribution in [2.24, 2.45) is 5.92 Å². The van der Waals surface area contributed by atoms with Crippen LogP contribution < -0.4 is 0 Å². The third-order valence-corrected chi connectivity index (χ3v) is 6.43. The molecule has 1 aromatic rings. The maximum absolute atomic E-state index is 10.6. The minimum Gasteiger partial charge on any atom is -0.481 e. The normalized spacial score (nSPS) is 25.5. The van der Waals surface area contributed by atoms with E-state index in [0.717, 1.165) is 49.7 Å². The fraction of sp³-hybridized carbons (Fsp3) is 0.625. The molecule has 2 rings (SSSR count). The van der Waals surface area contributed by atoms with Gasteiger partial charge in [0.2, 0.25) is 0 Å². The van der Waals surface area contributed by atoms with Crippen LogP contribution >= 0.6 is 11.6 Å². The van der Waals surface area contributed by atoms with E-state index in [1.54, 1.807) is 0 Å². The summed E-state index contributed by atoms with van der Waals surface area (Å²) in [5.41, 5.74) is 1.99. The van der Waals surface area contributed by atoms with Crippen LogP contribution in [-0.2, 0) is 4.79 Å². The number of carboxylic acid groups (broad SMARTS) is 1. The Morgan fingerprint density at radius 1 is 1.21 bits per heavy atom. The second-order valence-electron chi connectivity index (χ2n) is 8.18. The fourth-order valence-electron chi connectivity index (χ4n) is 4.26. The molecule has 4 nitrogen and oxygen atoms in total. The third-order valence-electron chi connectivity index (χ3n) is 5.93. The zero-order valence-corrected chi connectivity index (χ0v) is 18.1. The number of carboxylic acids is 1. The lowest BCUT2D eigenvalue weighted by atomic mass is 9.84. The van der Waals surface area contributed by atoms with Crippen molar-refractivity contribution in [3.05, 3.63) is 47.5 Å². The van der Waals surface area contributed by atoms with Crippen LogP contribution in [-0.4, -0.2) is 32.8 Å². The molecule has 0 bridgehead atoms. The lowest BCUT2D eigenvalue weighted by Crippen LogP contribution is -2.18. The molecule has 1 saturated carbocycles. The molecule has 0 aromatic heterocycles. The molecule has 1 fully saturated rings. The van der Waals surface area contributed by atoms with Crippen LogP contribution in [0.2, 0.25) is 0 Å². The highest BCUT2D eigenvalue weighted by atomic mass is 35.5.